The van der Waals surface area contributed by atoms with Crippen LogP contribution in [0.3, 0.4) is 0 Å². The van der Waals surface area contributed by atoms with Gasteiger partial charge in [-0.05, 0) is 12.5 Å². The van der Waals surface area contributed by atoms with Gasteiger partial charge in [0.2, 0.25) is 0 Å². The molecule has 0 aliphatic rings. The Morgan fingerprint density at radius 3 is 2.47 bits per heavy atom. The molecule has 1 aromatic rings. The van der Waals surface area contributed by atoms with Gasteiger partial charge in [-0.2, -0.15) is 0 Å². The van der Waals surface area contributed by atoms with E-state index in [9.17, 15) is 14.7 Å². The molecule has 0 N–H and O–H groups in total. The molecule has 0 aliphatic heterocycles. The van der Waals surface area contributed by atoms with E-state index in [1.165, 1.54) is 0 Å². The number of carbonyl (C=O) groups excluding carboxylic acids is 2. The highest BCUT2D eigenvalue weighted by Gasteiger charge is 2.21. The number of carbonyl (C=O) groups is 2. The maximum Gasteiger partial charge on any atom is 0.341 e. The zero-order chi connectivity index (χ0) is 12.7. The molecule has 0 bridgehead atoms. The number of aliphatic carboxylic acids is 1. The van der Waals surface area contributed by atoms with Gasteiger partial charge >= 0.3 is 5.97 Å². The van der Waals surface area contributed by atoms with Crippen LogP contribution >= 0.6 is 0 Å². The molecule has 1 unspecified atom stereocenters. The molecule has 0 saturated heterocycles. The van der Waals surface area contributed by atoms with E-state index in [-0.39, 0.29) is 13.2 Å². The summed E-state index contributed by atoms with van der Waals surface area (Å²) in [6.07, 6.45) is -1.69. The van der Waals surface area contributed by atoms with Crippen LogP contribution in [-0.4, -0.2) is 24.6 Å². The van der Waals surface area contributed by atoms with Crippen LogP contribution in [-0.2, 0) is 25.7 Å². The minimum absolute atomic E-state index is 0.0122. The summed E-state index contributed by atoms with van der Waals surface area (Å²) in [5, 5.41) is 10.7. The lowest BCUT2D eigenvalue weighted by molar-refractivity contribution is -0.316. The second kappa shape index (κ2) is 6.65. The smallest absolute Gasteiger partial charge is 0.341 e. The largest absolute Gasteiger partial charge is 0.547 e. The fourth-order valence-electron chi connectivity index (χ4n) is 1.20. The Hall–Kier alpha value is -1.88. The second-order valence-electron chi connectivity index (χ2n) is 3.25. The SMILES string of the molecule is CCOC(=O)C(OCc1ccccc1)C(=O)[O-]. The molecule has 0 radical (unpaired) electrons. The maximum absolute atomic E-state index is 11.2. The van der Waals surface area contributed by atoms with Crippen LogP contribution in [0.1, 0.15) is 12.5 Å². The van der Waals surface area contributed by atoms with E-state index in [2.05, 4.69) is 4.74 Å². The Kier molecular flexibility index (Phi) is 5.16. The number of hydrogen-bond acceptors (Lipinski definition) is 5. The predicted octanol–water partition coefficient (Wildman–Crippen LogP) is -0.115. The first-order chi connectivity index (χ1) is 8.15. The van der Waals surface area contributed by atoms with Crippen molar-refractivity contribution < 1.29 is 24.2 Å². The molecule has 1 rings (SSSR count). The summed E-state index contributed by atoms with van der Waals surface area (Å²) in [5.74, 6) is -2.54. The molecular formula is C12H13O5-. The van der Waals surface area contributed by atoms with Gasteiger partial charge in [0.05, 0.1) is 19.2 Å². The van der Waals surface area contributed by atoms with Crippen LogP contribution in [0.4, 0.5) is 0 Å². The van der Waals surface area contributed by atoms with Crippen LogP contribution in [0.5, 0.6) is 0 Å². The first-order valence-corrected chi connectivity index (χ1v) is 5.18. The van der Waals surface area contributed by atoms with Gasteiger partial charge in [0.25, 0.3) is 0 Å². The van der Waals surface area contributed by atoms with Crippen LogP contribution in [0.25, 0.3) is 0 Å². The number of ether oxygens (including phenoxy) is 2. The minimum atomic E-state index is -1.69. The summed E-state index contributed by atoms with van der Waals surface area (Å²) < 4.78 is 9.54. The van der Waals surface area contributed by atoms with E-state index in [1.54, 1.807) is 31.2 Å². The van der Waals surface area contributed by atoms with Crippen LogP contribution in [0, 0.1) is 0 Å². The normalized spacial score (nSPS) is 11.8. The van der Waals surface area contributed by atoms with Crippen molar-refractivity contribution in [1.29, 1.82) is 0 Å². The molecule has 0 aliphatic carbocycles. The molecule has 0 amide bonds. The summed E-state index contributed by atoms with van der Waals surface area (Å²) in [4.78, 5) is 21.9. The molecule has 0 aromatic heterocycles. The van der Waals surface area contributed by atoms with E-state index < -0.39 is 18.0 Å². The zero-order valence-electron chi connectivity index (χ0n) is 9.42. The Balaban J connectivity index is 2.56. The average molecular weight is 237 g/mol. The summed E-state index contributed by atoms with van der Waals surface area (Å²) >= 11 is 0. The lowest BCUT2D eigenvalue weighted by Crippen LogP contribution is -2.43. The third kappa shape index (κ3) is 4.24. The van der Waals surface area contributed by atoms with Gasteiger partial charge in [0.1, 0.15) is 0 Å². The van der Waals surface area contributed by atoms with Gasteiger partial charge < -0.3 is 19.4 Å². The third-order valence-electron chi connectivity index (χ3n) is 1.97. The van der Waals surface area contributed by atoms with Gasteiger partial charge in [-0.25, -0.2) is 4.79 Å². The average Bonchev–Trinajstić information content (AvgIpc) is 2.30. The molecule has 0 fully saturated rings. The topological polar surface area (TPSA) is 75.7 Å². The lowest BCUT2D eigenvalue weighted by Gasteiger charge is -2.17. The summed E-state index contributed by atoms with van der Waals surface area (Å²) in [7, 11) is 0. The van der Waals surface area contributed by atoms with E-state index in [0.717, 1.165) is 5.56 Å². The van der Waals surface area contributed by atoms with E-state index >= 15 is 0 Å². The highest BCUT2D eigenvalue weighted by Crippen LogP contribution is 2.04. The molecule has 1 atom stereocenters. The van der Waals surface area contributed by atoms with Gasteiger partial charge in [0, 0.05) is 0 Å². The van der Waals surface area contributed by atoms with Gasteiger partial charge in [-0.15, -0.1) is 0 Å². The van der Waals surface area contributed by atoms with Gasteiger partial charge in [-0.3, -0.25) is 0 Å². The molecule has 0 heterocycles. The fraction of sp³-hybridized carbons (Fsp3) is 0.333. The predicted molar refractivity (Wildman–Crippen MR) is 56.7 cm³/mol. The van der Waals surface area contributed by atoms with Crippen molar-refractivity contribution in [2.24, 2.45) is 0 Å². The van der Waals surface area contributed by atoms with E-state index in [4.69, 9.17) is 4.74 Å². The molecule has 0 saturated carbocycles. The number of carboxylic acid groups (broad SMARTS) is 1. The van der Waals surface area contributed by atoms with E-state index in [0.29, 0.717) is 0 Å². The maximum atomic E-state index is 11.2. The Labute approximate surface area is 99.0 Å². The molecular weight excluding hydrogens is 224 g/mol. The highest BCUT2D eigenvalue weighted by atomic mass is 16.6. The number of hydrogen-bond donors (Lipinski definition) is 0. The van der Waals surface area contributed by atoms with Crippen molar-refractivity contribution >= 4 is 11.9 Å². The molecule has 92 valence electrons. The number of benzene rings is 1. The summed E-state index contributed by atoms with van der Waals surface area (Å²) in [5.41, 5.74) is 0.767. The Morgan fingerprint density at radius 1 is 1.29 bits per heavy atom. The lowest BCUT2D eigenvalue weighted by atomic mass is 10.2. The van der Waals surface area contributed by atoms with Crippen molar-refractivity contribution in [2.75, 3.05) is 6.61 Å². The summed E-state index contributed by atoms with van der Waals surface area (Å²) in [6.45, 7) is 1.69. The number of rotatable bonds is 6. The fourth-order valence-corrected chi connectivity index (χ4v) is 1.20. The van der Waals surface area contributed by atoms with Gasteiger partial charge in [-0.1, -0.05) is 30.3 Å². The van der Waals surface area contributed by atoms with Crippen molar-refractivity contribution in [1.82, 2.24) is 0 Å². The van der Waals surface area contributed by atoms with Gasteiger partial charge in [0.15, 0.2) is 6.10 Å². The second-order valence-corrected chi connectivity index (χ2v) is 3.25. The molecule has 5 heteroatoms. The van der Waals surface area contributed by atoms with Crippen LogP contribution in [0.2, 0.25) is 0 Å². The minimum Gasteiger partial charge on any atom is -0.547 e. The first-order valence-electron chi connectivity index (χ1n) is 5.18. The standard InChI is InChI=1S/C12H14O5/c1-2-16-12(15)10(11(13)14)17-8-9-6-4-3-5-7-9/h3-7,10H,2,8H2,1H3,(H,13,14)/p-1. The zero-order valence-corrected chi connectivity index (χ0v) is 9.42. The van der Waals surface area contributed by atoms with Crippen molar-refractivity contribution in [3.05, 3.63) is 35.9 Å². The highest BCUT2D eigenvalue weighted by molar-refractivity contribution is 5.96. The number of carboxylic acids is 1. The molecule has 17 heavy (non-hydrogen) atoms. The van der Waals surface area contributed by atoms with Crippen molar-refractivity contribution in [3.63, 3.8) is 0 Å². The van der Waals surface area contributed by atoms with Crippen molar-refractivity contribution in [3.8, 4) is 0 Å². The number of esters is 1. The van der Waals surface area contributed by atoms with E-state index in [1.807, 2.05) is 6.07 Å². The molecule has 1 aromatic carbocycles. The summed E-state index contributed by atoms with van der Waals surface area (Å²) in [6, 6.07) is 8.92. The first kappa shape index (κ1) is 13.2. The third-order valence-corrected chi connectivity index (χ3v) is 1.97. The molecule has 5 nitrogen and oxygen atoms in total. The Bertz CT molecular complexity index is 374. The molecule has 0 spiro atoms. The van der Waals surface area contributed by atoms with Crippen molar-refractivity contribution in [2.45, 2.75) is 19.6 Å². The Morgan fingerprint density at radius 2 is 1.94 bits per heavy atom. The monoisotopic (exact) mass is 237 g/mol. The van der Waals surface area contributed by atoms with Crippen LogP contribution < -0.4 is 5.11 Å². The van der Waals surface area contributed by atoms with Crippen LogP contribution in [0.15, 0.2) is 30.3 Å². The quantitative estimate of drug-likeness (QED) is 0.509.